The van der Waals surface area contributed by atoms with E-state index in [9.17, 15) is 8.78 Å². The van der Waals surface area contributed by atoms with Gasteiger partial charge in [0.25, 0.3) is 0 Å². The molecule has 0 saturated carbocycles. The van der Waals surface area contributed by atoms with E-state index in [-0.39, 0.29) is 12.2 Å². The minimum atomic E-state index is -0.590. The van der Waals surface area contributed by atoms with E-state index in [4.69, 9.17) is 4.74 Å². The molecule has 2 aromatic rings. The molecule has 0 saturated heterocycles. The number of benzene rings is 2. The van der Waals surface area contributed by atoms with Crippen LogP contribution in [0.2, 0.25) is 0 Å². The van der Waals surface area contributed by atoms with E-state index in [2.05, 4.69) is 19.2 Å². The Labute approximate surface area is 123 Å². The summed E-state index contributed by atoms with van der Waals surface area (Å²) in [6.45, 7) is 4.63. The number of para-hydroxylation sites is 1. The van der Waals surface area contributed by atoms with Crippen molar-refractivity contribution in [1.82, 2.24) is 5.32 Å². The van der Waals surface area contributed by atoms with Crippen LogP contribution in [0.25, 0.3) is 0 Å². The molecule has 0 spiro atoms. The van der Waals surface area contributed by atoms with Gasteiger partial charge < -0.3 is 10.1 Å². The lowest BCUT2D eigenvalue weighted by molar-refractivity contribution is 0.288. The van der Waals surface area contributed by atoms with E-state index >= 15 is 0 Å². The van der Waals surface area contributed by atoms with Crippen LogP contribution in [0.5, 0.6) is 5.75 Å². The van der Waals surface area contributed by atoms with Gasteiger partial charge in [0.05, 0.1) is 5.56 Å². The van der Waals surface area contributed by atoms with E-state index in [1.807, 2.05) is 18.2 Å². The van der Waals surface area contributed by atoms with Crippen LogP contribution in [0.1, 0.15) is 25.0 Å². The Morgan fingerprint density at radius 3 is 2.33 bits per heavy atom. The molecule has 1 N–H and O–H groups in total. The molecule has 0 atom stereocenters. The summed E-state index contributed by atoms with van der Waals surface area (Å²) in [5, 5.41) is 3.29. The fraction of sp³-hybridized carbons (Fsp3) is 0.294. The number of halogens is 2. The molecule has 2 nitrogen and oxygen atoms in total. The molecule has 0 aliphatic carbocycles. The van der Waals surface area contributed by atoms with E-state index in [0.717, 1.165) is 5.56 Å². The Bertz CT molecular complexity index is 579. The van der Waals surface area contributed by atoms with Crippen LogP contribution in [0, 0.1) is 11.6 Å². The average molecular weight is 291 g/mol. The highest BCUT2D eigenvalue weighted by Crippen LogP contribution is 2.21. The number of rotatable bonds is 6. The first-order valence-electron chi connectivity index (χ1n) is 6.95. The Hall–Kier alpha value is -1.94. The van der Waals surface area contributed by atoms with Crippen LogP contribution in [0.15, 0.2) is 42.5 Å². The van der Waals surface area contributed by atoms with Gasteiger partial charge in [-0.2, -0.15) is 0 Å². The first kappa shape index (κ1) is 15.4. The molecule has 0 aliphatic rings. The Morgan fingerprint density at radius 1 is 1.00 bits per heavy atom. The largest absolute Gasteiger partial charge is 0.488 e. The lowest BCUT2D eigenvalue weighted by Crippen LogP contribution is -2.22. The molecule has 0 amide bonds. The van der Waals surface area contributed by atoms with Gasteiger partial charge in [-0.15, -0.1) is 0 Å². The van der Waals surface area contributed by atoms with E-state index < -0.39 is 11.6 Å². The van der Waals surface area contributed by atoms with Gasteiger partial charge in [0.1, 0.15) is 24.0 Å². The van der Waals surface area contributed by atoms with Crippen LogP contribution >= 0.6 is 0 Å². The molecular formula is C17H19F2NO. The Morgan fingerprint density at radius 2 is 1.67 bits per heavy atom. The van der Waals surface area contributed by atoms with Crippen molar-refractivity contribution < 1.29 is 13.5 Å². The van der Waals surface area contributed by atoms with E-state index in [1.165, 1.54) is 18.2 Å². The van der Waals surface area contributed by atoms with Gasteiger partial charge in [-0.25, -0.2) is 8.78 Å². The first-order chi connectivity index (χ1) is 10.1. The monoisotopic (exact) mass is 291 g/mol. The summed E-state index contributed by atoms with van der Waals surface area (Å²) in [4.78, 5) is 0. The molecular weight excluding hydrogens is 272 g/mol. The van der Waals surface area contributed by atoms with Gasteiger partial charge >= 0.3 is 0 Å². The molecule has 2 rings (SSSR count). The molecule has 0 heterocycles. The molecule has 0 radical (unpaired) electrons. The van der Waals surface area contributed by atoms with Crippen molar-refractivity contribution in [3.8, 4) is 5.75 Å². The maximum atomic E-state index is 13.6. The van der Waals surface area contributed by atoms with E-state index in [1.54, 1.807) is 6.07 Å². The summed E-state index contributed by atoms with van der Waals surface area (Å²) in [5.41, 5.74) is 0.909. The predicted molar refractivity (Wildman–Crippen MR) is 79.1 cm³/mol. The average Bonchev–Trinajstić information content (AvgIpc) is 2.45. The fourth-order valence-electron chi connectivity index (χ4n) is 1.92. The van der Waals surface area contributed by atoms with Crippen LogP contribution < -0.4 is 10.1 Å². The zero-order valence-electron chi connectivity index (χ0n) is 12.2. The molecule has 0 aliphatic heterocycles. The summed E-state index contributed by atoms with van der Waals surface area (Å²) in [6, 6.07) is 11.6. The maximum Gasteiger partial charge on any atom is 0.132 e. The van der Waals surface area contributed by atoms with Gasteiger partial charge in [0.15, 0.2) is 0 Å². The fourth-order valence-corrected chi connectivity index (χ4v) is 1.92. The standard InChI is InChI=1S/C17H19F2NO/c1-12(2)20-10-13-6-3-4-9-17(13)21-11-14-15(18)7-5-8-16(14)19/h3-9,12,20H,10-11H2,1-2H3. The predicted octanol–water partition coefficient (Wildman–Crippen LogP) is 4.04. The summed E-state index contributed by atoms with van der Waals surface area (Å²) in [6.07, 6.45) is 0. The van der Waals surface area contributed by atoms with Gasteiger partial charge in [0, 0.05) is 18.2 Å². The third-order valence-electron chi connectivity index (χ3n) is 3.11. The number of nitrogens with one attached hydrogen (secondary N) is 1. The van der Waals surface area contributed by atoms with Crippen molar-refractivity contribution in [1.29, 1.82) is 0 Å². The zero-order chi connectivity index (χ0) is 15.2. The summed E-state index contributed by atoms with van der Waals surface area (Å²) in [7, 11) is 0. The smallest absolute Gasteiger partial charge is 0.132 e. The van der Waals surface area contributed by atoms with Crippen LogP contribution in [-0.2, 0) is 13.2 Å². The molecule has 2 aromatic carbocycles. The van der Waals surface area contributed by atoms with Crippen LogP contribution in [0.3, 0.4) is 0 Å². The van der Waals surface area contributed by atoms with Crippen molar-refractivity contribution in [2.45, 2.75) is 33.0 Å². The van der Waals surface area contributed by atoms with Gasteiger partial charge in [-0.3, -0.25) is 0 Å². The molecule has 4 heteroatoms. The van der Waals surface area contributed by atoms with Crippen molar-refractivity contribution in [3.05, 3.63) is 65.2 Å². The minimum absolute atomic E-state index is 0.0517. The van der Waals surface area contributed by atoms with Crippen molar-refractivity contribution in [3.63, 3.8) is 0 Å². The highest BCUT2D eigenvalue weighted by molar-refractivity contribution is 5.33. The minimum Gasteiger partial charge on any atom is -0.488 e. The second kappa shape index (κ2) is 7.18. The highest BCUT2D eigenvalue weighted by Gasteiger charge is 2.10. The summed E-state index contributed by atoms with van der Waals surface area (Å²) >= 11 is 0. The lowest BCUT2D eigenvalue weighted by atomic mass is 10.2. The van der Waals surface area contributed by atoms with Gasteiger partial charge in [0.2, 0.25) is 0 Å². The number of hydrogen-bond acceptors (Lipinski definition) is 2. The third-order valence-corrected chi connectivity index (χ3v) is 3.11. The Balaban J connectivity index is 2.09. The quantitative estimate of drug-likeness (QED) is 0.867. The SMILES string of the molecule is CC(C)NCc1ccccc1OCc1c(F)cccc1F. The Kier molecular flexibility index (Phi) is 5.28. The molecule has 0 aromatic heterocycles. The van der Waals surface area contributed by atoms with Crippen LogP contribution in [0.4, 0.5) is 8.78 Å². The van der Waals surface area contributed by atoms with Gasteiger partial charge in [-0.05, 0) is 18.2 Å². The van der Waals surface area contributed by atoms with Gasteiger partial charge in [-0.1, -0.05) is 38.1 Å². The molecule has 21 heavy (non-hydrogen) atoms. The van der Waals surface area contributed by atoms with E-state index in [0.29, 0.717) is 18.3 Å². The molecule has 0 unspecified atom stereocenters. The number of hydrogen-bond donors (Lipinski definition) is 1. The molecule has 112 valence electrons. The first-order valence-corrected chi connectivity index (χ1v) is 6.95. The normalized spacial score (nSPS) is 10.9. The molecule has 0 fully saturated rings. The molecule has 0 bridgehead atoms. The summed E-state index contributed by atoms with van der Waals surface area (Å²) < 4.78 is 32.7. The highest BCUT2D eigenvalue weighted by atomic mass is 19.1. The summed E-state index contributed by atoms with van der Waals surface area (Å²) in [5.74, 6) is -0.547. The second-order valence-electron chi connectivity index (χ2n) is 5.13. The van der Waals surface area contributed by atoms with Crippen molar-refractivity contribution in [2.75, 3.05) is 0 Å². The third kappa shape index (κ3) is 4.26. The topological polar surface area (TPSA) is 21.3 Å². The number of ether oxygens (including phenoxy) is 1. The maximum absolute atomic E-state index is 13.6. The van der Waals surface area contributed by atoms with Crippen LogP contribution in [-0.4, -0.2) is 6.04 Å². The van der Waals surface area contributed by atoms with Crippen molar-refractivity contribution >= 4 is 0 Å². The van der Waals surface area contributed by atoms with Crippen molar-refractivity contribution in [2.24, 2.45) is 0 Å². The zero-order valence-corrected chi connectivity index (χ0v) is 12.2. The second-order valence-corrected chi connectivity index (χ2v) is 5.13. The lowest BCUT2D eigenvalue weighted by Gasteiger charge is -2.14.